The molecule has 3 atom stereocenters. The SMILES string of the molecule is O=C(NC1CCCC1C(=O)NO)c1ccc(C2C=C(c3ccncc3)NO2)cc1. The molecule has 4 rings (SSSR count). The second-order valence-corrected chi connectivity index (χ2v) is 7.17. The van der Waals surface area contributed by atoms with Gasteiger partial charge in [0.1, 0.15) is 6.10 Å². The number of aromatic nitrogens is 1. The summed E-state index contributed by atoms with van der Waals surface area (Å²) >= 11 is 0. The highest BCUT2D eigenvalue weighted by Gasteiger charge is 2.34. The normalized spacial score (nSPS) is 23.2. The van der Waals surface area contributed by atoms with E-state index in [0.29, 0.717) is 18.4 Å². The van der Waals surface area contributed by atoms with Gasteiger partial charge in [-0.2, -0.15) is 0 Å². The minimum Gasteiger partial charge on any atom is -0.349 e. The molecule has 0 saturated heterocycles. The van der Waals surface area contributed by atoms with Crippen LogP contribution in [0.25, 0.3) is 5.70 Å². The number of nitrogens with one attached hydrogen (secondary N) is 3. The van der Waals surface area contributed by atoms with E-state index in [0.717, 1.165) is 23.2 Å². The zero-order valence-corrected chi connectivity index (χ0v) is 15.7. The van der Waals surface area contributed by atoms with Gasteiger partial charge in [-0.3, -0.25) is 30.1 Å². The maximum Gasteiger partial charge on any atom is 0.251 e. The molecule has 0 radical (unpaired) electrons. The first-order valence-corrected chi connectivity index (χ1v) is 9.54. The van der Waals surface area contributed by atoms with Gasteiger partial charge in [0.2, 0.25) is 5.91 Å². The number of carbonyl (C=O) groups excluding carboxylic acids is 2. The van der Waals surface area contributed by atoms with Crippen molar-refractivity contribution >= 4 is 17.5 Å². The number of nitrogens with zero attached hydrogens (tertiary/aromatic N) is 1. The minimum absolute atomic E-state index is 0.238. The van der Waals surface area contributed by atoms with Crippen LogP contribution in [0.15, 0.2) is 54.9 Å². The van der Waals surface area contributed by atoms with Crippen molar-refractivity contribution in [1.82, 2.24) is 21.3 Å². The van der Waals surface area contributed by atoms with Gasteiger partial charge >= 0.3 is 0 Å². The third-order valence-corrected chi connectivity index (χ3v) is 5.39. The first kappa shape index (κ1) is 19.1. The topological polar surface area (TPSA) is 113 Å². The number of hydrogen-bond acceptors (Lipinski definition) is 6. The van der Waals surface area contributed by atoms with Crippen molar-refractivity contribution in [2.24, 2.45) is 5.92 Å². The lowest BCUT2D eigenvalue weighted by Crippen LogP contribution is -2.43. The third kappa shape index (κ3) is 4.13. The fraction of sp³-hybridized carbons (Fsp3) is 0.286. The molecule has 2 aromatic rings. The Kier molecular flexibility index (Phi) is 5.55. The van der Waals surface area contributed by atoms with Crippen LogP contribution in [0.4, 0.5) is 0 Å². The number of hydroxylamine groups is 2. The van der Waals surface area contributed by atoms with E-state index in [1.54, 1.807) is 30.0 Å². The van der Waals surface area contributed by atoms with Crippen LogP contribution in [0, 0.1) is 5.92 Å². The van der Waals surface area contributed by atoms with Crippen LogP contribution < -0.4 is 16.3 Å². The Bertz CT molecular complexity index is 914. The number of carbonyl (C=O) groups is 2. The van der Waals surface area contributed by atoms with Crippen molar-refractivity contribution in [1.29, 1.82) is 0 Å². The Morgan fingerprint density at radius 2 is 1.86 bits per heavy atom. The Hall–Kier alpha value is -3.23. The summed E-state index contributed by atoms with van der Waals surface area (Å²) in [5.74, 6) is -1.10. The molecular weight excluding hydrogens is 372 g/mol. The number of benzene rings is 1. The molecule has 1 fully saturated rings. The molecule has 2 aliphatic rings. The fourth-order valence-corrected chi connectivity index (χ4v) is 3.80. The van der Waals surface area contributed by atoms with Crippen molar-refractivity contribution in [3.05, 3.63) is 71.6 Å². The van der Waals surface area contributed by atoms with E-state index in [1.807, 2.05) is 30.3 Å². The molecule has 2 heterocycles. The molecule has 1 saturated carbocycles. The van der Waals surface area contributed by atoms with Crippen LogP contribution >= 0.6 is 0 Å². The first-order valence-electron chi connectivity index (χ1n) is 9.54. The van der Waals surface area contributed by atoms with Crippen LogP contribution in [-0.4, -0.2) is 28.0 Å². The number of hydrogen-bond donors (Lipinski definition) is 4. The molecule has 1 aliphatic carbocycles. The molecule has 4 N–H and O–H groups in total. The van der Waals surface area contributed by atoms with Crippen LogP contribution in [0.5, 0.6) is 0 Å². The molecule has 1 aromatic heterocycles. The van der Waals surface area contributed by atoms with Gasteiger partial charge in [0, 0.05) is 29.6 Å². The van der Waals surface area contributed by atoms with E-state index in [9.17, 15) is 9.59 Å². The summed E-state index contributed by atoms with van der Waals surface area (Å²) in [7, 11) is 0. The zero-order valence-electron chi connectivity index (χ0n) is 15.7. The molecule has 3 unspecified atom stereocenters. The van der Waals surface area contributed by atoms with Crippen molar-refractivity contribution in [3.8, 4) is 0 Å². The van der Waals surface area contributed by atoms with Gasteiger partial charge in [0.25, 0.3) is 5.91 Å². The van der Waals surface area contributed by atoms with Crippen LogP contribution in [-0.2, 0) is 9.63 Å². The lowest BCUT2D eigenvalue weighted by molar-refractivity contribution is -0.133. The lowest BCUT2D eigenvalue weighted by atomic mass is 10.0. The van der Waals surface area contributed by atoms with Crippen LogP contribution in [0.1, 0.15) is 46.9 Å². The van der Waals surface area contributed by atoms with E-state index in [1.165, 1.54) is 0 Å². The van der Waals surface area contributed by atoms with Gasteiger partial charge in [-0.1, -0.05) is 18.6 Å². The number of pyridine rings is 1. The van der Waals surface area contributed by atoms with E-state index < -0.39 is 11.8 Å². The molecule has 1 aliphatic heterocycles. The lowest BCUT2D eigenvalue weighted by Gasteiger charge is -2.19. The van der Waals surface area contributed by atoms with Crippen molar-refractivity contribution in [2.75, 3.05) is 0 Å². The predicted octanol–water partition coefficient (Wildman–Crippen LogP) is 2.10. The van der Waals surface area contributed by atoms with Crippen molar-refractivity contribution < 1.29 is 19.6 Å². The summed E-state index contributed by atoms with van der Waals surface area (Å²) < 4.78 is 0. The van der Waals surface area contributed by atoms with Gasteiger partial charge in [0.05, 0.1) is 11.6 Å². The summed E-state index contributed by atoms with van der Waals surface area (Å²) in [6, 6.07) is 10.7. The van der Waals surface area contributed by atoms with E-state index in [4.69, 9.17) is 10.0 Å². The Labute approximate surface area is 167 Å². The zero-order chi connectivity index (χ0) is 20.2. The maximum absolute atomic E-state index is 12.6. The molecule has 29 heavy (non-hydrogen) atoms. The van der Waals surface area contributed by atoms with Gasteiger partial charge < -0.3 is 5.32 Å². The maximum atomic E-state index is 12.6. The molecule has 0 bridgehead atoms. The molecule has 8 nitrogen and oxygen atoms in total. The monoisotopic (exact) mass is 394 g/mol. The average molecular weight is 394 g/mol. The molecule has 150 valence electrons. The number of rotatable bonds is 5. The Morgan fingerprint density at radius 1 is 1.10 bits per heavy atom. The van der Waals surface area contributed by atoms with Gasteiger partial charge in [-0.15, -0.1) is 0 Å². The van der Waals surface area contributed by atoms with E-state index >= 15 is 0 Å². The minimum atomic E-state index is -0.453. The van der Waals surface area contributed by atoms with Gasteiger partial charge in [-0.05, 0) is 48.7 Å². The Balaban J connectivity index is 1.41. The summed E-state index contributed by atoms with van der Waals surface area (Å²) in [6.07, 6.45) is 7.35. The van der Waals surface area contributed by atoms with Crippen LogP contribution in [0.3, 0.4) is 0 Å². The fourth-order valence-electron chi connectivity index (χ4n) is 3.80. The summed E-state index contributed by atoms with van der Waals surface area (Å²) in [4.78, 5) is 33.9. The highest BCUT2D eigenvalue weighted by Crippen LogP contribution is 2.29. The second-order valence-electron chi connectivity index (χ2n) is 7.17. The predicted molar refractivity (Wildman–Crippen MR) is 104 cm³/mol. The number of amides is 2. The summed E-state index contributed by atoms with van der Waals surface area (Å²) in [5.41, 5.74) is 7.88. The second kappa shape index (κ2) is 8.42. The molecule has 8 heteroatoms. The highest BCUT2D eigenvalue weighted by molar-refractivity contribution is 5.95. The smallest absolute Gasteiger partial charge is 0.251 e. The largest absolute Gasteiger partial charge is 0.349 e. The van der Waals surface area contributed by atoms with Gasteiger partial charge in [-0.25, -0.2) is 5.48 Å². The summed E-state index contributed by atoms with van der Waals surface area (Å²) in [5, 5.41) is 11.8. The van der Waals surface area contributed by atoms with Crippen molar-refractivity contribution in [2.45, 2.75) is 31.4 Å². The third-order valence-electron chi connectivity index (χ3n) is 5.39. The summed E-state index contributed by atoms with van der Waals surface area (Å²) in [6.45, 7) is 0. The van der Waals surface area contributed by atoms with E-state index in [2.05, 4.69) is 15.8 Å². The average Bonchev–Trinajstić information content (AvgIpc) is 3.44. The first-order chi connectivity index (χ1) is 14.2. The van der Waals surface area contributed by atoms with Crippen LogP contribution in [0.2, 0.25) is 0 Å². The van der Waals surface area contributed by atoms with Gasteiger partial charge in [0.15, 0.2) is 0 Å². The quantitative estimate of drug-likeness (QED) is 0.456. The van der Waals surface area contributed by atoms with E-state index in [-0.39, 0.29) is 18.1 Å². The molecule has 1 aromatic carbocycles. The highest BCUT2D eigenvalue weighted by atomic mass is 16.7. The molecule has 2 amide bonds. The molecule has 0 spiro atoms. The van der Waals surface area contributed by atoms with Crippen molar-refractivity contribution in [3.63, 3.8) is 0 Å². The standard InChI is InChI=1S/C21H22N4O4/c26-20(23-17-3-1-2-16(17)21(27)24-28)15-6-4-14(5-7-15)19-12-18(25-29-19)13-8-10-22-11-9-13/h4-12,16-17,19,25,28H,1-3H2,(H,23,26)(H,24,27). The molecular formula is C21H22N4O4. The Morgan fingerprint density at radius 3 is 2.59 bits per heavy atom.